The van der Waals surface area contributed by atoms with Crippen molar-refractivity contribution in [1.29, 1.82) is 0 Å². The molecule has 0 radical (unpaired) electrons. The summed E-state index contributed by atoms with van der Waals surface area (Å²) in [4.78, 5) is 35.8. The largest absolute Gasteiger partial charge is 0.493 e. The summed E-state index contributed by atoms with van der Waals surface area (Å²) >= 11 is 0. The monoisotopic (exact) mass is 471 g/mol. The van der Waals surface area contributed by atoms with Crippen molar-refractivity contribution in [3.05, 3.63) is 23.8 Å². The maximum atomic E-state index is 13.6. The lowest BCUT2D eigenvalue weighted by Gasteiger charge is -2.33. The molecular weight excluding hydrogens is 434 g/mol. The summed E-state index contributed by atoms with van der Waals surface area (Å²) in [5.74, 6) is 1.22. The number of ether oxygens (including phenoxy) is 2. The van der Waals surface area contributed by atoms with E-state index in [1.165, 1.54) is 12.8 Å². The molecule has 8 heteroatoms. The highest BCUT2D eigenvalue weighted by atomic mass is 16.7. The van der Waals surface area contributed by atoms with E-state index in [4.69, 9.17) is 14.3 Å². The number of amides is 2. The number of rotatable bonds is 8. The average Bonchev–Trinajstić information content (AvgIpc) is 3.61. The fourth-order valence-corrected chi connectivity index (χ4v) is 5.26. The Bertz CT molecular complexity index is 938. The van der Waals surface area contributed by atoms with E-state index >= 15 is 0 Å². The van der Waals surface area contributed by atoms with Gasteiger partial charge in [0.15, 0.2) is 11.5 Å². The molecule has 186 valence electrons. The summed E-state index contributed by atoms with van der Waals surface area (Å²) < 4.78 is 11.7. The molecule has 0 aromatic heterocycles. The number of methoxy groups -OCH3 is 1. The first-order valence-corrected chi connectivity index (χ1v) is 12.6. The van der Waals surface area contributed by atoms with Crippen molar-refractivity contribution in [3.8, 4) is 11.5 Å². The Morgan fingerprint density at radius 3 is 2.56 bits per heavy atom. The number of likely N-dealkylation sites (tertiary alicyclic amines) is 1. The van der Waals surface area contributed by atoms with Crippen molar-refractivity contribution in [3.63, 3.8) is 0 Å². The quantitative estimate of drug-likeness (QED) is 0.577. The van der Waals surface area contributed by atoms with Gasteiger partial charge in [0.25, 0.3) is 5.91 Å². The molecule has 4 rings (SSSR count). The predicted molar refractivity (Wildman–Crippen MR) is 129 cm³/mol. The van der Waals surface area contributed by atoms with Gasteiger partial charge in [-0.3, -0.25) is 9.59 Å². The number of carbonyl (C=O) groups excluding carboxylic acids is 2. The lowest BCUT2D eigenvalue weighted by Crippen LogP contribution is -2.54. The van der Waals surface area contributed by atoms with Crippen LogP contribution in [0.5, 0.6) is 11.5 Å². The van der Waals surface area contributed by atoms with Gasteiger partial charge in [-0.2, -0.15) is 0 Å². The third-order valence-electron chi connectivity index (χ3n) is 7.28. The van der Waals surface area contributed by atoms with Crippen molar-refractivity contribution in [1.82, 2.24) is 9.80 Å². The molecule has 8 nitrogen and oxygen atoms in total. The van der Waals surface area contributed by atoms with Crippen LogP contribution < -0.4 is 9.47 Å². The summed E-state index contributed by atoms with van der Waals surface area (Å²) in [5, 5.41) is 4.29. The Kier molecular flexibility index (Phi) is 7.33. The summed E-state index contributed by atoms with van der Waals surface area (Å²) in [6, 6.07) is 5.29. The highest BCUT2D eigenvalue weighted by Crippen LogP contribution is 2.36. The van der Waals surface area contributed by atoms with Gasteiger partial charge in [-0.25, -0.2) is 0 Å². The van der Waals surface area contributed by atoms with Crippen molar-refractivity contribution < 1.29 is 23.9 Å². The van der Waals surface area contributed by atoms with Gasteiger partial charge in [-0.1, -0.05) is 5.16 Å². The second-order valence-electron chi connectivity index (χ2n) is 9.59. The Hall–Kier alpha value is -2.77. The van der Waals surface area contributed by atoms with Gasteiger partial charge >= 0.3 is 0 Å². The van der Waals surface area contributed by atoms with E-state index in [1.54, 1.807) is 23.8 Å². The molecule has 2 heterocycles. The summed E-state index contributed by atoms with van der Waals surface area (Å²) in [6.45, 7) is 7.53. The maximum absolute atomic E-state index is 13.6. The number of nitrogens with zero attached hydrogens (tertiary/aromatic N) is 3. The third-order valence-corrected chi connectivity index (χ3v) is 7.28. The Balaban J connectivity index is 1.48. The third kappa shape index (κ3) is 4.72. The van der Waals surface area contributed by atoms with E-state index in [1.807, 2.05) is 32.0 Å². The number of hydrogen-bond donors (Lipinski definition) is 0. The Morgan fingerprint density at radius 1 is 1.15 bits per heavy atom. The van der Waals surface area contributed by atoms with Crippen LogP contribution in [0, 0.1) is 0 Å². The summed E-state index contributed by atoms with van der Waals surface area (Å²) in [6.07, 6.45) is 6.50. The molecule has 2 unspecified atom stereocenters. The molecule has 1 aliphatic carbocycles. The van der Waals surface area contributed by atoms with Crippen molar-refractivity contribution in [2.24, 2.45) is 5.16 Å². The van der Waals surface area contributed by atoms with Gasteiger partial charge < -0.3 is 24.1 Å². The Labute approximate surface area is 202 Å². The van der Waals surface area contributed by atoms with Crippen LogP contribution in [0.25, 0.3) is 0 Å². The maximum Gasteiger partial charge on any atom is 0.270 e. The lowest BCUT2D eigenvalue weighted by molar-refractivity contribution is -0.158. The summed E-state index contributed by atoms with van der Waals surface area (Å²) in [5.41, 5.74) is 0.413. The zero-order chi connectivity index (χ0) is 24.3. The van der Waals surface area contributed by atoms with Gasteiger partial charge in [0.2, 0.25) is 11.5 Å². The van der Waals surface area contributed by atoms with Gasteiger partial charge in [0.1, 0.15) is 6.04 Å². The van der Waals surface area contributed by atoms with Crippen LogP contribution in [-0.4, -0.2) is 71.8 Å². The van der Waals surface area contributed by atoms with Crippen molar-refractivity contribution in [2.45, 2.75) is 83.5 Å². The van der Waals surface area contributed by atoms with Crippen LogP contribution >= 0.6 is 0 Å². The second-order valence-corrected chi connectivity index (χ2v) is 9.59. The number of benzene rings is 1. The van der Waals surface area contributed by atoms with Crippen LogP contribution in [0.3, 0.4) is 0 Å². The van der Waals surface area contributed by atoms with Crippen LogP contribution in [-0.2, 0) is 14.4 Å². The minimum atomic E-state index is -1.13. The number of carbonyl (C=O) groups is 2. The smallest absolute Gasteiger partial charge is 0.270 e. The van der Waals surface area contributed by atoms with E-state index in [9.17, 15) is 9.59 Å². The minimum absolute atomic E-state index is 0.0162. The molecule has 1 aromatic rings. The Morgan fingerprint density at radius 2 is 1.88 bits per heavy atom. The highest BCUT2D eigenvalue weighted by Gasteiger charge is 2.49. The van der Waals surface area contributed by atoms with Gasteiger partial charge in [-0.15, -0.1) is 0 Å². The molecule has 1 aromatic carbocycles. The molecular formula is C26H37N3O5. The fraction of sp³-hybridized carbons (Fsp3) is 0.654. The molecule has 34 heavy (non-hydrogen) atoms. The van der Waals surface area contributed by atoms with Crippen molar-refractivity contribution >= 4 is 17.5 Å². The molecule has 1 saturated heterocycles. The highest BCUT2D eigenvalue weighted by molar-refractivity contribution is 6.06. The van der Waals surface area contributed by atoms with Gasteiger partial charge in [-0.05, 0) is 77.5 Å². The van der Waals surface area contributed by atoms with E-state index in [0.717, 1.165) is 24.8 Å². The van der Waals surface area contributed by atoms with Gasteiger partial charge in [0, 0.05) is 31.6 Å². The normalized spacial score (nSPS) is 24.6. The molecule has 2 amide bonds. The zero-order valence-electron chi connectivity index (χ0n) is 20.8. The topological polar surface area (TPSA) is 80.7 Å². The molecule has 2 atom stereocenters. The molecule has 1 saturated carbocycles. The van der Waals surface area contributed by atoms with Crippen LogP contribution in [0.2, 0.25) is 0 Å². The number of hydrogen-bond acceptors (Lipinski definition) is 6. The molecule has 0 N–H and O–H groups in total. The van der Waals surface area contributed by atoms with E-state index < -0.39 is 11.6 Å². The lowest BCUT2D eigenvalue weighted by atomic mass is 9.94. The molecule has 3 aliphatic rings. The molecule has 0 bridgehead atoms. The van der Waals surface area contributed by atoms with E-state index in [2.05, 4.69) is 5.16 Å². The SMILES string of the molecule is CCN(CC)C(=O)C1CCCN1C(=O)C1(C)CC(c2ccc(OC)c(OC3CCCC3)c2)=NO1. The molecule has 2 aliphatic heterocycles. The van der Waals surface area contributed by atoms with Crippen LogP contribution in [0.15, 0.2) is 23.4 Å². The summed E-state index contributed by atoms with van der Waals surface area (Å²) in [7, 11) is 1.63. The van der Waals surface area contributed by atoms with E-state index in [-0.39, 0.29) is 17.9 Å². The fourth-order valence-electron chi connectivity index (χ4n) is 5.26. The average molecular weight is 472 g/mol. The minimum Gasteiger partial charge on any atom is -0.493 e. The van der Waals surface area contributed by atoms with Crippen LogP contribution in [0.4, 0.5) is 0 Å². The standard InChI is InChI=1S/C26H37N3O5/c1-5-28(6-2)24(30)21-12-9-15-29(21)25(31)26(3)17-20(27-34-26)18-13-14-22(32-4)23(16-18)33-19-10-7-8-11-19/h13-14,16,19,21H,5-12,15,17H2,1-4H3. The zero-order valence-corrected chi connectivity index (χ0v) is 20.8. The van der Waals surface area contributed by atoms with E-state index in [0.29, 0.717) is 49.7 Å². The predicted octanol–water partition coefficient (Wildman–Crippen LogP) is 3.76. The number of likely N-dealkylation sites (N-methyl/N-ethyl adjacent to an activating group) is 1. The van der Waals surface area contributed by atoms with Crippen LogP contribution in [0.1, 0.15) is 71.3 Å². The molecule has 2 fully saturated rings. The molecule has 0 spiro atoms. The van der Waals surface area contributed by atoms with Gasteiger partial charge in [0.05, 0.1) is 18.9 Å². The first-order valence-electron chi connectivity index (χ1n) is 12.6. The van der Waals surface area contributed by atoms with Crippen molar-refractivity contribution in [2.75, 3.05) is 26.7 Å². The first-order chi connectivity index (χ1) is 16.4. The number of oxime groups is 1. The second kappa shape index (κ2) is 10.2. The first kappa shape index (κ1) is 24.4.